The first kappa shape index (κ1) is 22.5. The molecule has 1 amide bonds. The summed E-state index contributed by atoms with van der Waals surface area (Å²) in [6.07, 6.45) is -0.287. The molecule has 176 valence electrons. The summed E-state index contributed by atoms with van der Waals surface area (Å²) in [5, 5.41) is 0.722. The van der Waals surface area contributed by atoms with Gasteiger partial charge in [0.1, 0.15) is 0 Å². The summed E-state index contributed by atoms with van der Waals surface area (Å²) >= 11 is 1.51. The highest BCUT2D eigenvalue weighted by molar-refractivity contribution is 7.86. The van der Waals surface area contributed by atoms with Crippen LogP contribution >= 0.6 is 11.3 Å². The van der Waals surface area contributed by atoms with E-state index >= 15 is 0 Å². The fourth-order valence-electron chi connectivity index (χ4n) is 4.31. The number of amides is 1. The van der Waals surface area contributed by atoms with Crippen molar-refractivity contribution in [3.05, 3.63) is 42.2 Å². The number of morpholine rings is 1. The van der Waals surface area contributed by atoms with Gasteiger partial charge in [-0.25, -0.2) is 4.98 Å². The molecule has 2 aliphatic rings. The van der Waals surface area contributed by atoms with Crippen molar-refractivity contribution in [3.63, 3.8) is 0 Å². The average molecular weight is 491 g/mol. The maximum atomic E-state index is 13.1. The van der Waals surface area contributed by atoms with Crippen LogP contribution in [0.15, 0.2) is 40.8 Å². The van der Waals surface area contributed by atoms with E-state index in [0.717, 1.165) is 15.2 Å². The third-order valence-electron chi connectivity index (χ3n) is 5.89. The zero-order valence-electron chi connectivity index (χ0n) is 18.5. The molecule has 0 aliphatic carbocycles. The Bertz CT molecular complexity index is 1220. The van der Waals surface area contributed by atoms with Gasteiger partial charge in [0.2, 0.25) is 0 Å². The van der Waals surface area contributed by atoms with Crippen LogP contribution in [0.1, 0.15) is 24.4 Å². The van der Waals surface area contributed by atoms with Gasteiger partial charge in [-0.15, -0.1) is 11.3 Å². The molecule has 2 unspecified atom stereocenters. The van der Waals surface area contributed by atoms with E-state index < -0.39 is 10.2 Å². The van der Waals surface area contributed by atoms with E-state index in [1.54, 1.807) is 17.0 Å². The van der Waals surface area contributed by atoms with Gasteiger partial charge in [0.15, 0.2) is 16.5 Å². The molecule has 11 heteroatoms. The topological polar surface area (TPSA) is 96.2 Å². The van der Waals surface area contributed by atoms with Gasteiger partial charge in [-0.2, -0.15) is 17.0 Å². The first-order valence-electron chi connectivity index (χ1n) is 11.0. The molecule has 0 spiro atoms. The summed E-state index contributed by atoms with van der Waals surface area (Å²) in [4.78, 5) is 19.2. The van der Waals surface area contributed by atoms with E-state index in [9.17, 15) is 13.2 Å². The smallest absolute Gasteiger partial charge is 0.289 e. The number of hydrogen-bond acceptors (Lipinski definition) is 7. The molecule has 2 fully saturated rings. The van der Waals surface area contributed by atoms with E-state index in [0.29, 0.717) is 31.9 Å². The molecule has 2 aromatic heterocycles. The van der Waals surface area contributed by atoms with Crippen molar-refractivity contribution in [1.29, 1.82) is 0 Å². The first-order chi connectivity index (χ1) is 15.8. The molecular weight excluding hydrogens is 464 g/mol. The van der Waals surface area contributed by atoms with Crippen LogP contribution < -0.4 is 0 Å². The maximum absolute atomic E-state index is 13.1. The minimum atomic E-state index is -3.59. The summed E-state index contributed by atoms with van der Waals surface area (Å²) in [7, 11) is -3.59. The Morgan fingerprint density at radius 3 is 2.39 bits per heavy atom. The number of carbonyl (C=O) groups is 1. The van der Waals surface area contributed by atoms with Gasteiger partial charge in [-0.3, -0.25) is 4.79 Å². The van der Waals surface area contributed by atoms with Crippen LogP contribution in [-0.4, -0.2) is 84.3 Å². The van der Waals surface area contributed by atoms with Gasteiger partial charge in [0, 0.05) is 39.3 Å². The third kappa shape index (κ3) is 4.43. The molecule has 4 heterocycles. The van der Waals surface area contributed by atoms with Crippen LogP contribution in [0.2, 0.25) is 0 Å². The fourth-order valence-corrected chi connectivity index (χ4v) is 6.98. The number of nitrogens with zero attached hydrogens (tertiary/aromatic N) is 4. The van der Waals surface area contributed by atoms with Crippen molar-refractivity contribution >= 4 is 37.7 Å². The molecule has 0 bridgehead atoms. The van der Waals surface area contributed by atoms with Crippen molar-refractivity contribution < 1.29 is 22.4 Å². The molecule has 33 heavy (non-hydrogen) atoms. The highest BCUT2D eigenvalue weighted by Crippen LogP contribution is 2.31. The Morgan fingerprint density at radius 1 is 1.00 bits per heavy atom. The second kappa shape index (κ2) is 8.80. The Hall–Kier alpha value is -2.31. The second-order valence-electron chi connectivity index (χ2n) is 8.42. The third-order valence-corrected chi connectivity index (χ3v) is 8.91. The van der Waals surface area contributed by atoms with Crippen molar-refractivity contribution in [1.82, 2.24) is 18.5 Å². The van der Waals surface area contributed by atoms with Crippen LogP contribution in [0.25, 0.3) is 21.0 Å². The molecule has 0 radical (unpaired) electrons. The maximum Gasteiger partial charge on any atom is 0.289 e. The average Bonchev–Trinajstić information content (AvgIpc) is 3.45. The number of rotatable bonds is 4. The van der Waals surface area contributed by atoms with Crippen molar-refractivity contribution in [3.8, 4) is 10.8 Å². The van der Waals surface area contributed by atoms with Gasteiger partial charge in [-0.1, -0.05) is 12.1 Å². The van der Waals surface area contributed by atoms with Gasteiger partial charge in [-0.05, 0) is 38.1 Å². The number of hydrogen-bond donors (Lipinski definition) is 0. The number of furan rings is 1. The quantitative estimate of drug-likeness (QED) is 0.558. The molecule has 2 aliphatic heterocycles. The number of carbonyl (C=O) groups excluding carboxylic acids is 1. The van der Waals surface area contributed by atoms with E-state index in [2.05, 4.69) is 4.98 Å². The molecule has 9 nitrogen and oxygen atoms in total. The standard InChI is InChI=1S/C22H26N4O5S2/c1-15-13-26(14-16(2)30-15)33(28,29)25-11-9-24(10-12-25)22(27)19-8-7-18(31-19)21-23-17-5-3-4-6-20(17)32-21/h3-8,15-16H,9-14H2,1-2H3. The predicted octanol–water partition coefficient (Wildman–Crippen LogP) is 2.67. The predicted molar refractivity (Wildman–Crippen MR) is 125 cm³/mol. The second-order valence-corrected chi connectivity index (χ2v) is 11.4. The summed E-state index contributed by atoms with van der Waals surface area (Å²) in [5.74, 6) is 0.542. The zero-order chi connectivity index (χ0) is 23.2. The number of piperazine rings is 1. The lowest BCUT2D eigenvalue weighted by atomic mass is 10.3. The molecule has 5 rings (SSSR count). The van der Waals surface area contributed by atoms with Crippen LogP contribution in [0, 0.1) is 0 Å². The lowest BCUT2D eigenvalue weighted by Crippen LogP contribution is -2.57. The minimum absolute atomic E-state index is 0.144. The van der Waals surface area contributed by atoms with Crippen molar-refractivity contribution in [2.75, 3.05) is 39.3 Å². The molecule has 2 saturated heterocycles. The fraction of sp³-hybridized carbons (Fsp3) is 0.455. The molecule has 2 atom stereocenters. The summed E-state index contributed by atoms with van der Waals surface area (Å²) in [6, 6.07) is 11.2. The van der Waals surface area contributed by atoms with Gasteiger partial charge < -0.3 is 14.1 Å². The van der Waals surface area contributed by atoms with Gasteiger partial charge in [0.25, 0.3) is 16.1 Å². The summed E-state index contributed by atoms with van der Waals surface area (Å²) < 4.78 is 41.6. The number of ether oxygens (including phenoxy) is 1. The monoisotopic (exact) mass is 490 g/mol. The Morgan fingerprint density at radius 2 is 1.70 bits per heavy atom. The molecule has 0 saturated carbocycles. The highest BCUT2D eigenvalue weighted by atomic mass is 32.2. The van der Waals surface area contributed by atoms with Gasteiger partial charge >= 0.3 is 0 Å². The lowest BCUT2D eigenvalue weighted by Gasteiger charge is -2.40. The van der Waals surface area contributed by atoms with Crippen molar-refractivity contribution in [2.45, 2.75) is 26.1 Å². The number of para-hydroxylation sites is 1. The number of aromatic nitrogens is 1. The largest absolute Gasteiger partial charge is 0.448 e. The SMILES string of the molecule is CC1CN(S(=O)(=O)N2CCN(C(=O)c3ccc(-c4nc5ccccc5s4)o3)CC2)CC(C)O1. The highest BCUT2D eigenvalue weighted by Gasteiger charge is 2.37. The molecular formula is C22H26N4O5S2. The Balaban J connectivity index is 1.24. The Labute approximate surface area is 196 Å². The van der Waals surface area contributed by atoms with Crippen LogP contribution in [0.4, 0.5) is 0 Å². The number of thiazole rings is 1. The van der Waals surface area contributed by atoms with E-state index in [1.165, 1.54) is 19.9 Å². The summed E-state index contributed by atoms with van der Waals surface area (Å²) in [5.41, 5.74) is 0.892. The number of benzene rings is 1. The van der Waals surface area contributed by atoms with E-state index in [-0.39, 0.29) is 37.0 Å². The van der Waals surface area contributed by atoms with E-state index in [1.807, 2.05) is 38.1 Å². The van der Waals surface area contributed by atoms with E-state index in [4.69, 9.17) is 9.15 Å². The number of fused-ring (bicyclic) bond motifs is 1. The first-order valence-corrected chi connectivity index (χ1v) is 13.2. The lowest BCUT2D eigenvalue weighted by molar-refractivity contribution is -0.0457. The Kier molecular flexibility index (Phi) is 6.00. The molecule has 3 aromatic rings. The van der Waals surface area contributed by atoms with Gasteiger partial charge in [0.05, 0.1) is 22.4 Å². The van der Waals surface area contributed by atoms with Crippen LogP contribution in [-0.2, 0) is 14.9 Å². The van der Waals surface area contributed by atoms with Crippen molar-refractivity contribution in [2.24, 2.45) is 0 Å². The minimum Gasteiger partial charge on any atom is -0.448 e. The molecule has 0 N–H and O–H groups in total. The zero-order valence-corrected chi connectivity index (χ0v) is 20.1. The van der Waals surface area contributed by atoms with Crippen LogP contribution in [0.5, 0.6) is 0 Å². The van der Waals surface area contributed by atoms with Crippen LogP contribution in [0.3, 0.4) is 0 Å². The summed E-state index contributed by atoms with van der Waals surface area (Å²) in [6.45, 7) is 5.55. The molecule has 1 aromatic carbocycles. The normalized spacial score (nSPS) is 23.3.